The molecule has 0 aliphatic carbocycles. The lowest BCUT2D eigenvalue weighted by molar-refractivity contribution is -0.136. The molecule has 8 heteroatoms. The lowest BCUT2D eigenvalue weighted by Gasteiger charge is -2.24. The Morgan fingerprint density at radius 1 is 1.27 bits per heavy atom. The Morgan fingerprint density at radius 2 is 2.00 bits per heavy atom. The number of carbonyl (C=O) groups excluding carboxylic acids is 1. The number of rotatable bonds is 3. The number of benzene rings is 2. The zero-order valence-electron chi connectivity index (χ0n) is 16.1. The number of hydrogen-bond donors (Lipinski definition) is 0. The number of thiazole rings is 1. The molecular weight excluding hydrogens is 488 g/mol. The molecule has 0 N–H and O–H groups in total. The van der Waals surface area contributed by atoms with Gasteiger partial charge in [0.15, 0.2) is 4.80 Å². The van der Waals surface area contributed by atoms with E-state index in [1.165, 1.54) is 18.4 Å². The summed E-state index contributed by atoms with van der Waals surface area (Å²) in [6, 6.07) is 14.1. The second-order valence-corrected chi connectivity index (χ2v) is 9.04. The van der Waals surface area contributed by atoms with Crippen molar-refractivity contribution in [2.75, 3.05) is 7.11 Å². The van der Waals surface area contributed by atoms with E-state index in [1.807, 2.05) is 30.3 Å². The smallest absolute Gasteiger partial charge is 0.338 e. The Kier molecular flexibility index (Phi) is 5.77. The molecule has 0 fully saturated rings. The minimum atomic E-state index is -0.643. The van der Waals surface area contributed by atoms with Crippen molar-refractivity contribution < 1.29 is 9.53 Å². The predicted molar refractivity (Wildman–Crippen MR) is 121 cm³/mol. The van der Waals surface area contributed by atoms with E-state index < -0.39 is 12.0 Å². The summed E-state index contributed by atoms with van der Waals surface area (Å²) in [5, 5.41) is 0.570. The van der Waals surface area contributed by atoms with Crippen LogP contribution in [0.3, 0.4) is 0 Å². The summed E-state index contributed by atoms with van der Waals surface area (Å²) < 4.78 is 8.01. The highest BCUT2D eigenvalue weighted by Gasteiger charge is 2.32. The molecule has 30 heavy (non-hydrogen) atoms. The molecule has 0 radical (unpaired) electrons. The largest absolute Gasteiger partial charge is 0.466 e. The van der Waals surface area contributed by atoms with Crippen LogP contribution in [0.5, 0.6) is 0 Å². The fourth-order valence-corrected chi connectivity index (χ4v) is 4.99. The molecule has 0 unspecified atom stereocenters. The van der Waals surface area contributed by atoms with Crippen molar-refractivity contribution in [1.29, 1.82) is 0 Å². The summed E-state index contributed by atoms with van der Waals surface area (Å²) >= 11 is 10.8. The Bertz CT molecular complexity index is 1360. The van der Waals surface area contributed by atoms with Crippen molar-refractivity contribution in [2.45, 2.75) is 13.0 Å². The van der Waals surface area contributed by atoms with Crippen LogP contribution in [0, 0.1) is 0 Å². The molecule has 4 rings (SSSR count). The second-order valence-electron chi connectivity index (χ2n) is 6.68. The number of methoxy groups -OCH3 is 1. The number of nitrogens with zero attached hydrogens (tertiary/aromatic N) is 2. The van der Waals surface area contributed by atoms with Gasteiger partial charge >= 0.3 is 5.97 Å². The molecular formula is C22H16BrClN2O3S. The van der Waals surface area contributed by atoms with Gasteiger partial charge < -0.3 is 4.74 Å². The van der Waals surface area contributed by atoms with Gasteiger partial charge in [-0.1, -0.05) is 63.1 Å². The highest BCUT2D eigenvalue weighted by molar-refractivity contribution is 9.10. The minimum absolute atomic E-state index is 0.215. The van der Waals surface area contributed by atoms with E-state index in [1.54, 1.807) is 35.8 Å². The van der Waals surface area contributed by atoms with Crippen molar-refractivity contribution in [3.05, 3.63) is 100 Å². The van der Waals surface area contributed by atoms with Crippen molar-refractivity contribution in [2.24, 2.45) is 4.99 Å². The molecule has 0 saturated carbocycles. The molecule has 5 nitrogen and oxygen atoms in total. The molecule has 1 atom stereocenters. The van der Waals surface area contributed by atoms with Gasteiger partial charge in [0, 0.05) is 9.50 Å². The maximum atomic E-state index is 13.4. The Labute approximate surface area is 189 Å². The van der Waals surface area contributed by atoms with Gasteiger partial charge in [0.1, 0.15) is 0 Å². The number of allylic oxidation sites excluding steroid dienone is 1. The first-order valence-electron chi connectivity index (χ1n) is 9.01. The number of halogens is 2. The predicted octanol–water partition coefficient (Wildman–Crippen LogP) is 3.82. The first-order valence-corrected chi connectivity index (χ1v) is 11.0. The lowest BCUT2D eigenvalue weighted by Crippen LogP contribution is -2.39. The summed E-state index contributed by atoms with van der Waals surface area (Å²) in [7, 11) is 1.32. The number of carbonyl (C=O) groups is 1. The third kappa shape index (κ3) is 3.80. The number of esters is 1. The molecule has 152 valence electrons. The van der Waals surface area contributed by atoms with Gasteiger partial charge in [-0.15, -0.1) is 0 Å². The number of hydrogen-bond acceptors (Lipinski definition) is 5. The monoisotopic (exact) mass is 502 g/mol. The molecule has 2 heterocycles. The van der Waals surface area contributed by atoms with Gasteiger partial charge in [0.25, 0.3) is 5.56 Å². The van der Waals surface area contributed by atoms with Crippen molar-refractivity contribution in [3.8, 4) is 0 Å². The average Bonchev–Trinajstić information content (AvgIpc) is 3.02. The Morgan fingerprint density at radius 3 is 2.67 bits per heavy atom. The molecule has 1 aliphatic rings. The minimum Gasteiger partial charge on any atom is -0.466 e. The van der Waals surface area contributed by atoms with Crippen LogP contribution in [0.1, 0.15) is 24.1 Å². The molecule has 0 bridgehead atoms. The van der Waals surface area contributed by atoms with Crippen LogP contribution in [0.15, 0.2) is 74.1 Å². The third-order valence-electron chi connectivity index (χ3n) is 4.76. The van der Waals surface area contributed by atoms with Crippen LogP contribution < -0.4 is 14.9 Å². The van der Waals surface area contributed by atoms with Gasteiger partial charge in [-0.05, 0) is 48.4 Å². The number of aromatic nitrogens is 1. The molecule has 0 spiro atoms. The van der Waals surface area contributed by atoms with Crippen LogP contribution in [0.2, 0.25) is 5.02 Å². The normalized spacial score (nSPS) is 16.3. The van der Waals surface area contributed by atoms with E-state index in [2.05, 4.69) is 20.9 Å². The Hall–Kier alpha value is -2.48. The molecule has 2 aromatic carbocycles. The zero-order valence-corrected chi connectivity index (χ0v) is 19.2. The molecule has 0 saturated heterocycles. The second kappa shape index (κ2) is 8.34. The van der Waals surface area contributed by atoms with Crippen LogP contribution in [-0.4, -0.2) is 17.6 Å². The van der Waals surface area contributed by atoms with Crippen LogP contribution >= 0.6 is 38.9 Å². The maximum Gasteiger partial charge on any atom is 0.338 e. The molecule has 1 aromatic heterocycles. The van der Waals surface area contributed by atoms with Crippen molar-refractivity contribution in [1.82, 2.24) is 4.57 Å². The number of ether oxygens (including phenoxy) is 1. The van der Waals surface area contributed by atoms with Gasteiger partial charge in [-0.3, -0.25) is 9.36 Å². The fraction of sp³-hybridized carbons (Fsp3) is 0.136. The third-order valence-corrected chi connectivity index (χ3v) is 6.49. The van der Waals surface area contributed by atoms with Crippen LogP contribution in [0.4, 0.5) is 0 Å². The van der Waals surface area contributed by atoms with E-state index in [4.69, 9.17) is 16.3 Å². The van der Waals surface area contributed by atoms with Crippen molar-refractivity contribution >= 4 is 50.9 Å². The highest BCUT2D eigenvalue weighted by atomic mass is 79.9. The topological polar surface area (TPSA) is 60.7 Å². The van der Waals surface area contributed by atoms with Crippen LogP contribution in [0.25, 0.3) is 6.08 Å². The van der Waals surface area contributed by atoms with E-state index in [0.717, 1.165) is 15.6 Å². The standard InChI is InChI=1S/C22H16BrClN2O3S/c1-12-18(21(28)29-2)19(14-6-8-16(24)9-7-14)26-20(27)17(30-22(26)25-12)11-13-4-3-5-15(23)10-13/h3-11,19H,1-2H3/b17-11-/t19-/m1/s1. The summed E-state index contributed by atoms with van der Waals surface area (Å²) in [4.78, 5) is 31.0. The van der Waals surface area contributed by atoms with Crippen molar-refractivity contribution in [3.63, 3.8) is 0 Å². The molecule has 0 amide bonds. The van der Waals surface area contributed by atoms with Crippen LogP contribution in [-0.2, 0) is 9.53 Å². The quantitative estimate of drug-likeness (QED) is 0.511. The summed E-state index contributed by atoms with van der Waals surface area (Å²) in [6.07, 6.45) is 1.82. The summed E-state index contributed by atoms with van der Waals surface area (Å²) in [6.45, 7) is 1.75. The van der Waals surface area contributed by atoms with Gasteiger partial charge in [-0.25, -0.2) is 9.79 Å². The first kappa shape index (κ1) is 20.8. The zero-order chi connectivity index (χ0) is 21.4. The van der Waals surface area contributed by atoms with E-state index in [-0.39, 0.29) is 5.56 Å². The van der Waals surface area contributed by atoms with E-state index in [9.17, 15) is 9.59 Å². The highest BCUT2D eigenvalue weighted by Crippen LogP contribution is 2.31. The lowest BCUT2D eigenvalue weighted by atomic mass is 9.96. The summed E-state index contributed by atoms with van der Waals surface area (Å²) in [5.41, 5.74) is 2.29. The fourth-order valence-electron chi connectivity index (χ4n) is 3.40. The van der Waals surface area contributed by atoms with Gasteiger partial charge in [-0.2, -0.15) is 0 Å². The summed E-state index contributed by atoms with van der Waals surface area (Å²) in [5.74, 6) is -0.516. The van der Waals surface area contributed by atoms with Gasteiger partial charge in [0.05, 0.1) is 29.0 Å². The Balaban J connectivity index is 1.98. The molecule has 1 aliphatic heterocycles. The van der Waals surface area contributed by atoms with E-state index >= 15 is 0 Å². The van der Waals surface area contributed by atoms with Gasteiger partial charge in [0.2, 0.25) is 0 Å². The SMILES string of the molecule is COC(=O)C1=C(C)N=c2s/c(=C\c3cccc(Br)c3)c(=O)n2[C@@H]1c1ccc(Cl)cc1. The molecule has 3 aromatic rings. The first-order chi connectivity index (χ1) is 14.4. The number of fused-ring (bicyclic) bond motifs is 1. The maximum absolute atomic E-state index is 13.4. The van der Waals surface area contributed by atoms with E-state index in [0.29, 0.717) is 25.6 Å². The average molecular weight is 504 g/mol.